The minimum atomic E-state index is -0.408. The first-order valence-corrected chi connectivity index (χ1v) is 7.78. The zero-order valence-electron chi connectivity index (χ0n) is 11.4. The van der Waals surface area contributed by atoms with Crippen LogP contribution in [0.1, 0.15) is 12.8 Å². The first-order valence-electron chi connectivity index (χ1n) is 6.90. The molecule has 1 fully saturated rings. The zero-order chi connectivity index (χ0) is 14.8. The molecular formula is C12H17N5O3S. The van der Waals surface area contributed by atoms with E-state index >= 15 is 0 Å². The molecule has 1 unspecified atom stereocenters. The number of hydrogen-bond donors (Lipinski definition) is 2. The number of aromatic nitrogens is 2. The van der Waals surface area contributed by atoms with Crippen LogP contribution in [0.3, 0.4) is 0 Å². The van der Waals surface area contributed by atoms with Gasteiger partial charge in [0.15, 0.2) is 0 Å². The molecule has 2 aromatic heterocycles. The van der Waals surface area contributed by atoms with E-state index in [1.54, 1.807) is 16.5 Å². The molecule has 0 amide bonds. The predicted molar refractivity (Wildman–Crippen MR) is 80.0 cm³/mol. The number of fused-ring (bicyclic) bond motifs is 1. The summed E-state index contributed by atoms with van der Waals surface area (Å²) in [6.07, 6.45) is 3.80. The number of nitro groups is 1. The molecule has 3 heterocycles. The van der Waals surface area contributed by atoms with E-state index in [-0.39, 0.29) is 18.5 Å². The van der Waals surface area contributed by atoms with Gasteiger partial charge in [-0.2, -0.15) is 9.38 Å². The number of nitrogens with one attached hydrogen (secondary N) is 1. The number of rotatable bonds is 6. The van der Waals surface area contributed by atoms with Gasteiger partial charge in [0.25, 0.3) is 4.96 Å². The lowest BCUT2D eigenvalue weighted by molar-refractivity contribution is -0.389. The predicted octanol–water partition coefficient (Wildman–Crippen LogP) is 0.855. The summed E-state index contributed by atoms with van der Waals surface area (Å²) in [5, 5.41) is 25.8. The summed E-state index contributed by atoms with van der Waals surface area (Å²) in [6, 6.07) is 0.288. The van der Waals surface area contributed by atoms with Gasteiger partial charge in [0, 0.05) is 24.5 Å². The third-order valence-corrected chi connectivity index (χ3v) is 4.42. The summed E-state index contributed by atoms with van der Waals surface area (Å²) < 4.78 is 1.49. The van der Waals surface area contributed by atoms with Crippen LogP contribution >= 0.6 is 11.3 Å². The van der Waals surface area contributed by atoms with Gasteiger partial charge < -0.3 is 25.4 Å². The Kier molecular flexibility index (Phi) is 4.04. The minimum absolute atomic E-state index is 0.0299. The summed E-state index contributed by atoms with van der Waals surface area (Å²) >= 11 is 1.36. The highest BCUT2D eigenvalue weighted by atomic mass is 32.1. The van der Waals surface area contributed by atoms with E-state index in [2.05, 4.69) is 10.3 Å². The topological polar surface area (TPSA) is 95.9 Å². The van der Waals surface area contributed by atoms with Gasteiger partial charge in [-0.05, 0) is 24.3 Å². The SMILES string of the molecule is O=[N+]([O-])c1c(N(CCO)CC2CCCN2)nc2sccn12. The Morgan fingerprint density at radius 3 is 3.19 bits per heavy atom. The molecule has 1 saturated heterocycles. The lowest BCUT2D eigenvalue weighted by Crippen LogP contribution is -2.39. The third kappa shape index (κ3) is 2.71. The standard InChI is InChI=1S/C12H17N5O3S/c18-6-4-15(8-9-2-1-3-13-9)10-11(17(19)20)16-5-7-21-12(16)14-10/h5,7,9,13,18H,1-4,6,8H2. The maximum absolute atomic E-state index is 11.4. The molecule has 0 saturated carbocycles. The fourth-order valence-corrected chi connectivity index (χ4v) is 3.43. The highest BCUT2D eigenvalue weighted by Gasteiger charge is 2.29. The van der Waals surface area contributed by atoms with Gasteiger partial charge in [0.2, 0.25) is 5.82 Å². The molecule has 1 atom stereocenters. The van der Waals surface area contributed by atoms with Crippen LogP contribution in [-0.2, 0) is 0 Å². The second-order valence-electron chi connectivity index (χ2n) is 5.03. The Bertz CT molecular complexity index is 634. The van der Waals surface area contributed by atoms with Gasteiger partial charge in [0.05, 0.1) is 6.61 Å². The van der Waals surface area contributed by atoms with Crippen molar-refractivity contribution in [2.75, 3.05) is 31.1 Å². The van der Waals surface area contributed by atoms with Crippen LogP contribution in [-0.4, -0.2) is 51.7 Å². The van der Waals surface area contributed by atoms with Gasteiger partial charge in [-0.15, -0.1) is 0 Å². The average molecular weight is 311 g/mol. The second-order valence-corrected chi connectivity index (χ2v) is 5.91. The van der Waals surface area contributed by atoms with Crippen molar-refractivity contribution in [2.24, 2.45) is 0 Å². The molecule has 8 nitrogen and oxygen atoms in total. The smallest absolute Gasteiger partial charge is 0.373 e. The molecule has 1 aliphatic rings. The van der Waals surface area contributed by atoms with Crippen molar-refractivity contribution in [1.82, 2.24) is 14.7 Å². The molecule has 0 radical (unpaired) electrons. The third-order valence-electron chi connectivity index (χ3n) is 3.66. The first-order chi connectivity index (χ1) is 10.2. The highest BCUT2D eigenvalue weighted by molar-refractivity contribution is 7.15. The van der Waals surface area contributed by atoms with Crippen LogP contribution < -0.4 is 10.2 Å². The van der Waals surface area contributed by atoms with Crippen molar-refractivity contribution in [2.45, 2.75) is 18.9 Å². The summed E-state index contributed by atoms with van der Waals surface area (Å²) in [4.78, 5) is 17.8. The number of thiazole rings is 1. The molecule has 0 spiro atoms. The normalized spacial score (nSPS) is 18.4. The lowest BCUT2D eigenvalue weighted by Gasteiger charge is -2.24. The summed E-state index contributed by atoms with van der Waals surface area (Å²) in [5.74, 6) is 0.312. The lowest BCUT2D eigenvalue weighted by atomic mass is 10.2. The average Bonchev–Trinajstić information content (AvgIpc) is 3.13. The molecule has 0 bridgehead atoms. The summed E-state index contributed by atoms with van der Waals surface area (Å²) in [7, 11) is 0. The number of aliphatic hydroxyl groups is 1. The molecule has 9 heteroatoms. The van der Waals surface area contributed by atoms with Crippen molar-refractivity contribution in [3.63, 3.8) is 0 Å². The fraction of sp³-hybridized carbons (Fsp3) is 0.583. The van der Waals surface area contributed by atoms with E-state index in [4.69, 9.17) is 0 Å². The Hall–Kier alpha value is -1.71. The van der Waals surface area contributed by atoms with E-state index in [1.165, 1.54) is 15.7 Å². The molecule has 114 valence electrons. The Labute approximate surface area is 125 Å². The second kappa shape index (κ2) is 5.96. The largest absolute Gasteiger partial charge is 0.395 e. The van der Waals surface area contributed by atoms with Crippen LogP contribution in [0.25, 0.3) is 4.96 Å². The number of aliphatic hydroxyl groups excluding tert-OH is 1. The number of anilines is 1. The molecule has 0 aliphatic carbocycles. The van der Waals surface area contributed by atoms with Crippen molar-refractivity contribution >= 4 is 27.9 Å². The first kappa shape index (κ1) is 14.2. The molecule has 21 heavy (non-hydrogen) atoms. The number of nitrogens with zero attached hydrogens (tertiary/aromatic N) is 4. The van der Waals surface area contributed by atoms with E-state index in [0.717, 1.165) is 19.4 Å². The van der Waals surface area contributed by atoms with Gasteiger partial charge >= 0.3 is 5.82 Å². The quantitative estimate of drug-likeness (QED) is 0.606. The molecule has 3 rings (SSSR count). The number of imidazole rings is 1. The van der Waals surface area contributed by atoms with Crippen molar-refractivity contribution in [3.05, 3.63) is 21.7 Å². The number of hydrogen-bond acceptors (Lipinski definition) is 7. The van der Waals surface area contributed by atoms with Gasteiger partial charge in [-0.25, -0.2) is 0 Å². The Morgan fingerprint density at radius 1 is 1.67 bits per heavy atom. The highest BCUT2D eigenvalue weighted by Crippen LogP contribution is 2.31. The fourth-order valence-electron chi connectivity index (χ4n) is 2.73. The monoisotopic (exact) mass is 311 g/mol. The van der Waals surface area contributed by atoms with Gasteiger partial charge in [0.1, 0.15) is 6.20 Å². The molecule has 2 N–H and O–H groups in total. The molecule has 0 aromatic carbocycles. The van der Waals surface area contributed by atoms with E-state index < -0.39 is 4.92 Å². The van der Waals surface area contributed by atoms with Crippen LogP contribution in [0.2, 0.25) is 0 Å². The van der Waals surface area contributed by atoms with E-state index in [9.17, 15) is 15.2 Å². The maximum Gasteiger partial charge on any atom is 0.373 e. The minimum Gasteiger partial charge on any atom is -0.395 e. The summed E-state index contributed by atoms with van der Waals surface area (Å²) in [5.41, 5.74) is 0. The Morgan fingerprint density at radius 2 is 2.52 bits per heavy atom. The van der Waals surface area contributed by atoms with Crippen LogP contribution in [0.4, 0.5) is 11.6 Å². The van der Waals surface area contributed by atoms with Gasteiger partial charge in [-0.3, -0.25) is 0 Å². The molecule has 2 aromatic rings. The maximum atomic E-state index is 11.4. The van der Waals surface area contributed by atoms with Crippen molar-refractivity contribution in [3.8, 4) is 0 Å². The summed E-state index contributed by atoms with van der Waals surface area (Å²) in [6.45, 7) is 1.86. The zero-order valence-corrected chi connectivity index (χ0v) is 12.3. The van der Waals surface area contributed by atoms with E-state index in [1.807, 2.05) is 0 Å². The molecular weight excluding hydrogens is 294 g/mol. The molecule has 1 aliphatic heterocycles. The van der Waals surface area contributed by atoms with E-state index in [0.29, 0.717) is 23.9 Å². The van der Waals surface area contributed by atoms with Crippen molar-refractivity contribution in [1.29, 1.82) is 0 Å². The Balaban J connectivity index is 1.95. The van der Waals surface area contributed by atoms with Gasteiger partial charge in [-0.1, -0.05) is 11.3 Å². The van der Waals surface area contributed by atoms with Crippen LogP contribution in [0.15, 0.2) is 11.6 Å². The van der Waals surface area contributed by atoms with Crippen LogP contribution in [0.5, 0.6) is 0 Å². The van der Waals surface area contributed by atoms with Crippen LogP contribution in [0, 0.1) is 10.1 Å². The van der Waals surface area contributed by atoms with Crippen molar-refractivity contribution < 1.29 is 10.0 Å².